The first-order chi connectivity index (χ1) is 15.0. The highest BCUT2D eigenvalue weighted by Gasteiger charge is 2.28. The van der Waals surface area contributed by atoms with Gasteiger partial charge in [-0.05, 0) is 49.1 Å². The second kappa shape index (κ2) is 7.85. The number of nitrogens with zero attached hydrogens (tertiary/aromatic N) is 2. The van der Waals surface area contributed by atoms with Crippen molar-refractivity contribution < 1.29 is 13.2 Å². The van der Waals surface area contributed by atoms with Crippen molar-refractivity contribution in [1.29, 1.82) is 0 Å². The minimum absolute atomic E-state index is 0.0783. The molecule has 7 nitrogen and oxygen atoms in total. The zero-order valence-corrected chi connectivity index (χ0v) is 17.9. The Balaban J connectivity index is 1.38. The van der Waals surface area contributed by atoms with Crippen LogP contribution in [-0.2, 0) is 16.6 Å². The quantitative estimate of drug-likeness (QED) is 0.619. The average Bonchev–Trinajstić information content (AvgIpc) is 3.51. The van der Waals surface area contributed by atoms with Crippen LogP contribution in [0.2, 0.25) is 0 Å². The molecule has 0 unspecified atom stereocenters. The van der Waals surface area contributed by atoms with E-state index in [9.17, 15) is 13.2 Å². The third-order valence-electron chi connectivity index (χ3n) is 5.64. The number of benzene rings is 2. The van der Waals surface area contributed by atoms with E-state index < -0.39 is 10.0 Å². The van der Waals surface area contributed by atoms with E-state index in [0.717, 1.165) is 29.3 Å². The summed E-state index contributed by atoms with van der Waals surface area (Å²) in [6.07, 6.45) is 2.71. The number of rotatable bonds is 6. The fraction of sp³-hybridized carbons (Fsp3) is 0.304. The number of hydrogen-bond acceptors (Lipinski definition) is 5. The first-order valence-electron chi connectivity index (χ1n) is 10.5. The first-order valence-corrected chi connectivity index (χ1v) is 12.1. The number of amides is 1. The summed E-state index contributed by atoms with van der Waals surface area (Å²) >= 11 is 0. The van der Waals surface area contributed by atoms with Crippen LogP contribution in [0.5, 0.6) is 0 Å². The Bertz CT molecular complexity index is 1250. The number of sulfonamides is 1. The minimum Gasteiger partial charge on any atom is -0.366 e. The number of nitrogens with one attached hydrogen (secondary N) is 2. The molecule has 160 valence electrons. The molecule has 1 saturated heterocycles. The molecular weight excluding hydrogens is 412 g/mol. The summed E-state index contributed by atoms with van der Waals surface area (Å²) < 4.78 is 25.9. The molecule has 0 bridgehead atoms. The fourth-order valence-electron chi connectivity index (χ4n) is 3.89. The number of carbonyl (C=O) groups is 1. The van der Waals surface area contributed by atoms with E-state index in [1.807, 2.05) is 48.5 Å². The summed E-state index contributed by atoms with van der Waals surface area (Å²) in [4.78, 5) is 17.4. The lowest BCUT2D eigenvalue weighted by Gasteiger charge is -2.18. The van der Waals surface area contributed by atoms with Gasteiger partial charge in [-0.2, -0.15) is 0 Å². The van der Waals surface area contributed by atoms with E-state index in [1.54, 1.807) is 6.07 Å². The second-order valence-corrected chi connectivity index (χ2v) is 10.1. The van der Waals surface area contributed by atoms with E-state index in [0.29, 0.717) is 36.6 Å². The van der Waals surface area contributed by atoms with Crippen molar-refractivity contribution in [2.45, 2.75) is 31.8 Å². The summed E-state index contributed by atoms with van der Waals surface area (Å²) in [5.41, 5.74) is 2.99. The van der Waals surface area contributed by atoms with Crippen LogP contribution in [0.15, 0.2) is 54.6 Å². The molecule has 1 aliphatic heterocycles. The van der Waals surface area contributed by atoms with Gasteiger partial charge in [0.15, 0.2) is 0 Å². The van der Waals surface area contributed by atoms with Gasteiger partial charge in [0.2, 0.25) is 10.0 Å². The number of fused-ring (bicyclic) bond motifs is 1. The van der Waals surface area contributed by atoms with Crippen molar-refractivity contribution in [2.24, 2.45) is 0 Å². The third-order valence-corrected chi connectivity index (χ3v) is 7.51. The van der Waals surface area contributed by atoms with Crippen LogP contribution in [0.3, 0.4) is 0 Å². The Labute approximate surface area is 181 Å². The van der Waals surface area contributed by atoms with Crippen LogP contribution < -0.4 is 14.9 Å². The molecule has 0 spiro atoms. The second-order valence-electron chi connectivity index (χ2n) is 8.09. The maximum atomic E-state index is 12.8. The maximum Gasteiger partial charge on any atom is 0.252 e. The van der Waals surface area contributed by atoms with E-state index in [1.165, 1.54) is 4.31 Å². The number of carbonyl (C=O) groups excluding carboxylic acids is 1. The Morgan fingerprint density at radius 2 is 1.94 bits per heavy atom. The SMILES string of the molecule is O=C(NC1CC1)c1cc(NCc2cccc(N3CCCS3(=O)=O)c2)nc2ccccc12. The number of hydrogen-bond donors (Lipinski definition) is 2. The lowest BCUT2D eigenvalue weighted by Crippen LogP contribution is -2.25. The molecule has 2 fully saturated rings. The Morgan fingerprint density at radius 1 is 1.10 bits per heavy atom. The van der Waals surface area contributed by atoms with Gasteiger partial charge >= 0.3 is 0 Å². The molecule has 3 aromatic rings. The van der Waals surface area contributed by atoms with Crippen molar-refractivity contribution in [2.75, 3.05) is 21.9 Å². The highest BCUT2D eigenvalue weighted by Crippen LogP contribution is 2.26. The van der Waals surface area contributed by atoms with Crippen molar-refractivity contribution >= 4 is 38.3 Å². The van der Waals surface area contributed by atoms with E-state index in [-0.39, 0.29) is 17.7 Å². The van der Waals surface area contributed by atoms with Crippen LogP contribution in [0, 0.1) is 0 Å². The molecule has 0 atom stereocenters. The number of pyridine rings is 1. The van der Waals surface area contributed by atoms with E-state index in [4.69, 9.17) is 0 Å². The Morgan fingerprint density at radius 3 is 2.71 bits per heavy atom. The van der Waals surface area contributed by atoms with Gasteiger partial charge in [0.05, 0.1) is 22.5 Å². The van der Waals surface area contributed by atoms with Gasteiger partial charge in [0, 0.05) is 24.5 Å². The highest BCUT2D eigenvalue weighted by molar-refractivity contribution is 7.93. The molecule has 31 heavy (non-hydrogen) atoms. The monoisotopic (exact) mass is 436 g/mol. The molecule has 1 aromatic heterocycles. The predicted molar refractivity (Wildman–Crippen MR) is 122 cm³/mol. The summed E-state index contributed by atoms with van der Waals surface area (Å²) in [5.74, 6) is 0.728. The summed E-state index contributed by atoms with van der Waals surface area (Å²) in [6, 6.07) is 17.2. The Hall–Kier alpha value is -3.13. The van der Waals surface area contributed by atoms with Crippen LogP contribution in [0.4, 0.5) is 11.5 Å². The minimum atomic E-state index is -3.21. The topological polar surface area (TPSA) is 91.4 Å². The first kappa shape index (κ1) is 19.8. The molecule has 2 aromatic carbocycles. The molecule has 1 amide bonds. The van der Waals surface area contributed by atoms with Crippen molar-refractivity contribution in [1.82, 2.24) is 10.3 Å². The van der Waals surface area contributed by atoms with Crippen molar-refractivity contribution in [3.63, 3.8) is 0 Å². The van der Waals surface area contributed by atoms with E-state index >= 15 is 0 Å². The van der Waals surface area contributed by atoms with Crippen LogP contribution >= 0.6 is 0 Å². The summed E-state index contributed by atoms with van der Waals surface area (Å²) in [5, 5.41) is 7.18. The van der Waals surface area contributed by atoms with Crippen LogP contribution in [-0.4, -0.2) is 37.6 Å². The standard InChI is InChI=1S/C23H24N4O3S/c28-23(25-17-9-10-17)20-14-22(26-21-8-2-1-7-19(20)21)24-15-16-5-3-6-18(13-16)27-11-4-12-31(27,29)30/h1-3,5-8,13-14,17H,4,9-12,15H2,(H,24,26)(H,25,28). The van der Waals surface area contributed by atoms with Gasteiger partial charge in [-0.3, -0.25) is 9.10 Å². The van der Waals surface area contributed by atoms with Crippen molar-refractivity contribution in [3.8, 4) is 0 Å². The van der Waals surface area contributed by atoms with Gasteiger partial charge in [0.1, 0.15) is 5.82 Å². The average molecular weight is 437 g/mol. The predicted octanol–water partition coefficient (Wildman–Crippen LogP) is 3.28. The lowest BCUT2D eigenvalue weighted by atomic mass is 10.1. The fourth-order valence-corrected chi connectivity index (χ4v) is 5.44. The number of anilines is 2. The Kier molecular flexibility index (Phi) is 5.02. The third kappa shape index (κ3) is 4.20. The van der Waals surface area contributed by atoms with Crippen molar-refractivity contribution in [3.05, 3.63) is 65.7 Å². The van der Waals surface area contributed by atoms with Gasteiger partial charge in [-0.25, -0.2) is 13.4 Å². The largest absolute Gasteiger partial charge is 0.366 e. The molecule has 2 heterocycles. The zero-order valence-electron chi connectivity index (χ0n) is 17.0. The summed E-state index contributed by atoms with van der Waals surface area (Å²) in [6.45, 7) is 0.988. The van der Waals surface area contributed by atoms with Gasteiger partial charge in [-0.1, -0.05) is 30.3 Å². The summed E-state index contributed by atoms with van der Waals surface area (Å²) in [7, 11) is -3.21. The van der Waals surface area contributed by atoms with Crippen LogP contribution in [0.25, 0.3) is 10.9 Å². The van der Waals surface area contributed by atoms with Crippen LogP contribution in [0.1, 0.15) is 35.2 Å². The lowest BCUT2D eigenvalue weighted by molar-refractivity contribution is 0.0952. The maximum absolute atomic E-state index is 12.8. The zero-order chi connectivity index (χ0) is 21.4. The highest BCUT2D eigenvalue weighted by atomic mass is 32.2. The molecule has 5 rings (SSSR count). The number of aromatic nitrogens is 1. The molecule has 2 N–H and O–H groups in total. The molecule has 8 heteroatoms. The van der Waals surface area contributed by atoms with Gasteiger partial charge in [-0.15, -0.1) is 0 Å². The van der Waals surface area contributed by atoms with Gasteiger partial charge in [0.25, 0.3) is 5.91 Å². The molecule has 2 aliphatic rings. The smallest absolute Gasteiger partial charge is 0.252 e. The van der Waals surface area contributed by atoms with E-state index in [2.05, 4.69) is 15.6 Å². The molecule has 1 aliphatic carbocycles. The molecule has 0 radical (unpaired) electrons. The molecular formula is C23H24N4O3S. The normalized spacial score (nSPS) is 17.6. The molecule has 1 saturated carbocycles. The van der Waals surface area contributed by atoms with Gasteiger partial charge < -0.3 is 10.6 Å². The number of para-hydroxylation sites is 1.